The van der Waals surface area contributed by atoms with Gasteiger partial charge in [-0.3, -0.25) is 9.59 Å². The zero-order chi connectivity index (χ0) is 19.2. The van der Waals surface area contributed by atoms with Crippen LogP contribution >= 0.6 is 0 Å². The van der Waals surface area contributed by atoms with Crippen LogP contribution in [-0.2, 0) is 4.74 Å². The largest absolute Gasteiger partial charge is 0.459 e. The number of amides is 2. The zero-order valence-corrected chi connectivity index (χ0v) is 15.8. The SMILES string of the molecule is CC(C)CN(CC1CN(C(=O)c2ccco2)CCO1)C(=O)c1ccccc1. The molecule has 1 atom stereocenters. The summed E-state index contributed by atoms with van der Waals surface area (Å²) in [4.78, 5) is 29.0. The Balaban J connectivity index is 1.67. The summed E-state index contributed by atoms with van der Waals surface area (Å²) < 4.78 is 11.1. The molecule has 6 nitrogen and oxygen atoms in total. The maximum Gasteiger partial charge on any atom is 0.289 e. The highest BCUT2D eigenvalue weighted by Gasteiger charge is 2.29. The molecule has 144 valence electrons. The molecule has 27 heavy (non-hydrogen) atoms. The third-order valence-electron chi connectivity index (χ3n) is 4.48. The van der Waals surface area contributed by atoms with Gasteiger partial charge in [0, 0.05) is 31.7 Å². The Bertz CT molecular complexity index is 743. The molecule has 1 aromatic carbocycles. The average Bonchev–Trinajstić information content (AvgIpc) is 3.21. The number of ether oxygens (including phenoxy) is 1. The summed E-state index contributed by atoms with van der Waals surface area (Å²) in [7, 11) is 0. The molecule has 1 aliphatic heterocycles. The fraction of sp³-hybridized carbons (Fsp3) is 0.429. The van der Waals surface area contributed by atoms with Gasteiger partial charge in [0.2, 0.25) is 0 Å². The van der Waals surface area contributed by atoms with Crippen LogP contribution in [0.5, 0.6) is 0 Å². The van der Waals surface area contributed by atoms with Crippen LogP contribution in [0.3, 0.4) is 0 Å². The maximum absolute atomic E-state index is 12.9. The van der Waals surface area contributed by atoms with Gasteiger partial charge in [-0.1, -0.05) is 32.0 Å². The molecule has 1 fully saturated rings. The van der Waals surface area contributed by atoms with Crippen molar-refractivity contribution >= 4 is 11.8 Å². The van der Waals surface area contributed by atoms with Crippen LogP contribution in [0.2, 0.25) is 0 Å². The minimum absolute atomic E-state index is 0.0117. The molecule has 1 aliphatic rings. The second kappa shape index (κ2) is 8.86. The molecule has 1 unspecified atom stereocenters. The Morgan fingerprint density at radius 2 is 1.96 bits per heavy atom. The molecule has 2 heterocycles. The van der Waals surface area contributed by atoms with E-state index < -0.39 is 0 Å². The summed E-state index contributed by atoms with van der Waals surface area (Å²) in [5.74, 6) is 0.512. The highest BCUT2D eigenvalue weighted by Crippen LogP contribution is 2.15. The molecule has 6 heteroatoms. The molecule has 1 saturated heterocycles. The van der Waals surface area contributed by atoms with Gasteiger partial charge in [-0.25, -0.2) is 0 Å². The number of carbonyl (C=O) groups is 2. The van der Waals surface area contributed by atoms with E-state index in [1.165, 1.54) is 6.26 Å². The Hall–Kier alpha value is -2.60. The normalized spacial score (nSPS) is 17.1. The van der Waals surface area contributed by atoms with Crippen molar-refractivity contribution in [2.75, 3.05) is 32.8 Å². The van der Waals surface area contributed by atoms with Gasteiger partial charge in [-0.2, -0.15) is 0 Å². The number of hydrogen-bond donors (Lipinski definition) is 0. The molecule has 0 spiro atoms. The van der Waals surface area contributed by atoms with Gasteiger partial charge < -0.3 is 19.0 Å². The van der Waals surface area contributed by atoms with Crippen molar-refractivity contribution in [3.63, 3.8) is 0 Å². The van der Waals surface area contributed by atoms with Crippen molar-refractivity contribution in [3.8, 4) is 0 Å². The van der Waals surface area contributed by atoms with Crippen LogP contribution in [-0.4, -0.2) is 60.5 Å². The maximum atomic E-state index is 12.9. The van der Waals surface area contributed by atoms with E-state index >= 15 is 0 Å². The Labute approximate surface area is 159 Å². The summed E-state index contributed by atoms with van der Waals surface area (Å²) in [6.07, 6.45) is 1.28. The molecule has 0 radical (unpaired) electrons. The lowest BCUT2D eigenvalue weighted by Gasteiger charge is -2.36. The lowest BCUT2D eigenvalue weighted by Crippen LogP contribution is -2.51. The Morgan fingerprint density at radius 1 is 1.19 bits per heavy atom. The van der Waals surface area contributed by atoms with E-state index in [9.17, 15) is 9.59 Å². The van der Waals surface area contributed by atoms with Crippen LogP contribution in [0, 0.1) is 5.92 Å². The fourth-order valence-corrected chi connectivity index (χ4v) is 3.26. The molecule has 2 amide bonds. The van der Waals surface area contributed by atoms with Crippen molar-refractivity contribution < 1.29 is 18.7 Å². The van der Waals surface area contributed by atoms with E-state index in [1.54, 1.807) is 17.0 Å². The van der Waals surface area contributed by atoms with E-state index in [-0.39, 0.29) is 17.9 Å². The summed E-state index contributed by atoms with van der Waals surface area (Å²) in [6.45, 7) is 6.67. The minimum Gasteiger partial charge on any atom is -0.459 e. The molecule has 3 rings (SSSR count). The number of nitrogens with zero attached hydrogens (tertiary/aromatic N) is 2. The Kier molecular flexibility index (Phi) is 6.29. The third kappa shape index (κ3) is 4.98. The molecule has 0 bridgehead atoms. The van der Waals surface area contributed by atoms with E-state index in [2.05, 4.69) is 13.8 Å². The third-order valence-corrected chi connectivity index (χ3v) is 4.48. The number of benzene rings is 1. The zero-order valence-electron chi connectivity index (χ0n) is 15.8. The number of morpholine rings is 1. The van der Waals surface area contributed by atoms with Gasteiger partial charge in [0.25, 0.3) is 11.8 Å². The first kappa shape index (κ1) is 19.2. The van der Waals surface area contributed by atoms with Crippen molar-refractivity contribution in [1.29, 1.82) is 0 Å². The van der Waals surface area contributed by atoms with Crippen LogP contribution < -0.4 is 0 Å². The minimum atomic E-state index is -0.218. The summed E-state index contributed by atoms with van der Waals surface area (Å²) in [5, 5.41) is 0. The van der Waals surface area contributed by atoms with Crippen molar-refractivity contribution in [2.24, 2.45) is 5.92 Å². The van der Waals surface area contributed by atoms with E-state index in [0.717, 1.165) is 0 Å². The van der Waals surface area contributed by atoms with Crippen LogP contribution in [0.25, 0.3) is 0 Å². The molecule has 0 N–H and O–H groups in total. The van der Waals surface area contributed by atoms with Gasteiger partial charge in [0.05, 0.1) is 19.0 Å². The van der Waals surface area contributed by atoms with E-state index in [1.807, 2.05) is 35.2 Å². The van der Waals surface area contributed by atoms with Crippen molar-refractivity contribution in [2.45, 2.75) is 20.0 Å². The van der Waals surface area contributed by atoms with Crippen LogP contribution in [0.1, 0.15) is 34.8 Å². The van der Waals surface area contributed by atoms with Gasteiger partial charge in [0.1, 0.15) is 0 Å². The second-order valence-corrected chi connectivity index (χ2v) is 7.19. The molecule has 2 aromatic rings. The predicted molar refractivity (Wildman–Crippen MR) is 102 cm³/mol. The van der Waals surface area contributed by atoms with Crippen molar-refractivity contribution in [3.05, 3.63) is 60.1 Å². The monoisotopic (exact) mass is 370 g/mol. The quantitative estimate of drug-likeness (QED) is 0.784. The molecule has 0 saturated carbocycles. The topological polar surface area (TPSA) is 63.0 Å². The molecule has 1 aromatic heterocycles. The first-order valence-electron chi connectivity index (χ1n) is 9.33. The highest BCUT2D eigenvalue weighted by molar-refractivity contribution is 5.94. The van der Waals surface area contributed by atoms with Gasteiger partial charge >= 0.3 is 0 Å². The van der Waals surface area contributed by atoms with E-state index in [4.69, 9.17) is 9.15 Å². The van der Waals surface area contributed by atoms with Crippen molar-refractivity contribution in [1.82, 2.24) is 9.80 Å². The van der Waals surface area contributed by atoms with Crippen LogP contribution in [0.4, 0.5) is 0 Å². The first-order valence-corrected chi connectivity index (χ1v) is 9.33. The smallest absolute Gasteiger partial charge is 0.289 e. The summed E-state index contributed by atoms with van der Waals surface area (Å²) in [6, 6.07) is 12.6. The number of hydrogen-bond acceptors (Lipinski definition) is 4. The van der Waals surface area contributed by atoms with E-state index in [0.29, 0.717) is 50.0 Å². The average molecular weight is 370 g/mol. The first-order chi connectivity index (χ1) is 13.0. The van der Waals surface area contributed by atoms with Crippen LogP contribution in [0.15, 0.2) is 53.1 Å². The van der Waals surface area contributed by atoms with Gasteiger partial charge in [-0.15, -0.1) is 0 Å². The number of furan rings is 1. The lowest BCUT2D eigenvalue weighted by molar-refractivity contribution is -0.0347. The lowest BCUT2D eigenvalue weighted by atomic mass is 10.1. The molecular weight excluding hydrogens is 344 g/mol. The summed E-state index contributed by atoms with van der Waals surface area (Å²) in [5.41, 5.74) is 0.664. The molecule has 0 aliphatic carbocycles. The molecular formula is C21H26N2O4. The predicted octanol–water partition coefficient (Wildman–Crippen LogP) is 2.92. The van der Waals surface area contributed by atoms with Gasteiger partial charge in [-0.05, 0) is 30.2 Å². The number of carbonyl (C=O) groups excluding carboxylic acids is 2. The summed E-state index contributed by atoms with van der Waals surface area (Å²) >= 11 is 0. The van der Waals surface area contributed by atoms with Gasteiger partial charge in [0.15, 0.2) is 5.76 Å². The standard InChI is InChI=1S/C21H26N2O4/c1-16(2)13-23(20(24)17-7-4-3-5-8-17)15-18-14-22(10-12-26-18)21(25)19-9-6-11-27-19/h3-9,11,16,18H,10,12-15H2,1-2H3. The fourth-order valence-electron chi connectivity index (χ4n) is 3.26. The Morgan fingerprint density at radius 3 is 2.63 bits per heavy atom. The second-order valence-electron chi connectivity index (χ2n) is 7.19. The number of rotatable bonds is 6. The highest BCUT2D eigenvalue weighted by atomic mass is 16.5.